The quantitative estimate of drug-likeness (QED) is 0.629. The lowest BCUT2D eigenvalue weighted by Crippen LogP contribution is -2.20. The molecule has 5 nitrogen and oxygen atoms in total. The standard InChI is InChI=1S/C8H8N4O/c1-6-4-8(13)12(11-6)7-2-3-9-5-10-7/h2-3,5H,4H2,1H3. The first kappa shape index (κ1) is 7.85. The molecular weight excluding hydrogens is 168 g/mol. The molecule has 2 rings (SSSR count). The van der Waals surface area contributed by atoms with E-state index in [0.29, 0.717) is 12.2 Å². The molecule has 0 aliphatic carbocycles. The van der Waals surface area contributed by atoms with E-state index in [4.69, 9.17) is 0 Å². The van der Waals surface area contributed by atoms with Crippen molar-refractivity contribution in [1.29, 1.82) is 0 Å². The number of hydrogen-bond acceptors (Lipinski definition) is 4. The van der Waals surface area contributed by atoms with Crippen LogP contribution in [-0.2, 0) is 4.79 Å². The van der Waals surface area contributed by atoms with Crippen molar-refractivity contribution in [2.75, 3.05) is 5.01 Å². The third-order valence-electron chi connectivity index (χ3n) is 1.70. The van der Waals surface area contributed by atoms with E-state index in [2.05, 4.69) is 15.1 Å². The van der Waals surface area contributed by atoms with E-state index < -0.39 is 0 Å². The van der Waals surface area contributed by atoms with Crippen molar-refractivity contribution in [1.82, 2.24) is 9.97 Å². The van der Waals surface area contributed by atoms with E-state index in [0.717, 1.165) is 5.71 Å². The highest BCUT2D eigenvalue weighted by Crippen LogP contribution is 2.16. The van der Waals surface area contributed by atoms with Gasteiger partial charge in [0.25, 0.3) is 5.91 Å². The number of carbonyl (C=O) groups excluding carboxylic acids is 1. The van der Waals surface area contributed by atoms with E-state index in [1.165, 1.54) is 11.3 Å². The maximum atomic E-state index is 11.3. The third kappa shape index (κ3) is 1.40. The Balaban J connectivity index is 2.33. The van der Waals surface area contributed by atoms with Gasteiger partial charge in [-0.25, -0.2) is 9.97 Å². The zero-order chi connectivity index (χ0) is 9.26. The lowest BCUT2D eigenvalue weighted by Gasteiger charge is -2.08. The van der Waals surface area contributed by atoms with Crippen LogP contribution in [0.1, 0.15) is 13.3 Å². The van der Waals surface area contributed by atoms with Gasteiger partial charge in [-0.15, -0.1) is 0 Å². The monoisotopic (exact) mass is 176 g/mol. The van der Waals surface area contributed by atoms with Gasteiger partial charge in [0.2, 0.25) is 0 Å². The predicted molar refractivity (Wildman–Crippen MR) is 47.2 cm³/mol. The maximum Gasteiger partial charge on any atom is 0.254 e. The van der Waals surface area contributed by atoms with Crippen LogP contribution in [0.25, 0.3) is 0 Å². The molecule has 1 aliphatic rings. The van der Waals surface area contributed by atoms with Gasteiger partial charge in [0.1, 0.15) is 6.33 Å². The second kappa shape index (κ2) is 2.93. The van der Waals surface area contributed by atoms with E-state index in [-0.39, 0.29) is 5.91 Å². The highest BCUT2D eigenvalue weighted by molar-refractivity contribution is 6.11. The van der Waals surface area contributed by atoms with Gasteiger partial charge < -0.3 is 0 Å². The molecule has 0 atom stereocenters. The van der Waals surface area contributed by atoms with Gasteiger partial charge >= 0.3 is 0 Å². The third-order valence-corrected chi connectivity index (χ3v) is 1.70. The van der Waals surface area contributed by atoms with Gasteiger partial charge in [-0.1, -0.05) is 0 Å². The molecule has 0 bridgehead atoms. The fourth-order valence-corrected chi connectivity index (χ4v) is 1.14. The SMILES string of the molecule is CC1=NN(c2ccncn2)C(=O)C1. The molecule has 1 aromatic heterocycles. The van der Waals surface area contributed by atoms with Crippen LogP contribution in [0.4, 0.5) is 5.82 Å². The fourth-order valence-electron chi connectivity index (χ4n) is 1.14. The van der Waals surface area contributed by atoms with E-state index in [1.807, 2.05) is 6.92 Å². The Morgan fingerprint density at radius 2 is 2.38 bits per heavy atom. The summed E-state index contributed by atoms with van der Waals surface area (Å²) in [6.07, 6.45) is 3.36. The lowest BCUT2D eigenvalue weighted by molar-refractivity contribution is -0.116. The molecule has 1 aromatic rings. The summed E-state index contributed by atoms with van der Waals surface area (Å²) in [4.78, 5) is 19.0. The minimum Gasteiger partial charge on any atom is -0.272 e. The van der Waals surface area contributed by atoms with Crippen molar-refractivity contribution >= 4 is 17.4 Å². The van der Waals surface area contributed by atoms with E-state index in [1.54, 1.807) is 12.3 Å². The smallest absolute Gasteiger partial charge is 0.254 e. The van der Waals surface area contributed by atoms with Gasteiger partial charge in [0, 0.05) is 18.0 Å². The summed E-state index contributed by atoms with van der Waals surface area (Å²) < 4.78 is 0. The Bertz CT molecular complexity index is 360. The first-order valence-corrected chi connectivity index (χ1v) is 3.90. The number of rotatable bonds is 1. The van der Waals surface area contributed by atoms with Crippen molar-refractivity contribution in [3.63, 3.8) is 0 Å². The van der Waals surface area contributed by atoms with Crippen LogP contribution in [0.2, 0.25) is 0 Å². The highest BCUT2D eigenvalue weighted by Gasteiger charge is 2.23. The fraction of sp³-hybridized carbons (Fsp3) is 0.250. The van der Waals surface area contributed by atoms with Crippen molar-refractivity contribution in [3.8, 4) is 0 Å². The molecule has 0 N–H and O–H groups in total. The molecule has 66 valence electrons. The minimum absolute atomic E-state index is 0.0452. The van der Waals surface area contributed by atoms with Crippen molar-refractivity contribution < 1.29 is 4.79 Å². The topological polar surface area (TPSA) is 58.5 Å². The molecule has 0 aromatic carbocycles. The number of aromatic nitrogens is 2. The molecule has 5 heteroatoms. The Morgan fingerprint density at radius 1 is 1.54 bits per heavy atom. The molecule has 0 spiro atoms. The van der Waals surface area contributed by atoms with Crippen LogP contribution in [0.15, 0.2) is 23.7 Å². The van der Waals surface area contributed by atoms with Crippen LogP contribution >= 0.6 is 0 Å². The van der Waals surface area contributed by atoms with Crippen molar-refractivity contribution in [3.05, 3.63) is 18.6 Å². The second-order valence-electron chi connectivity index (χ2n) is 2.79. The summed E-state index contributed by atoms with van der Waals surface area (Å²) >= 11 is 0. The summed E-state index contributed by atoms with van der Waals surface area (Å²) in [5.41, 5.74) is 0.809. The maximum absolute atomic E-state index is 11.3. The largest absolute Gasteiger partial charge is 0.272 e. The average molecular weight is 176 g/mol. The summed E-state index contributed by atoms with van der Waals surface area (Å²) in [5, 5.41) is 5.35. The zero-order valence-electron chi connectivity index (χ0n) is 7.14. The summed E-state index contributed by atoms with van der Waals surface area (Å²) in [5.74, 6) is 0.480. The number of anilines is 1. The normalized spacial score (nSPS) is 16.2. The van der Waals surface area contributed by atoms with Gasteiger partial charge in [0.15, 0.2) is 5.82 Å². The first-order valence-electron chi connectivity index (χ1n) is 3.90. The van der Waals surface area contributed by atoms with Gasteiger partial charge in [0.05, 0.1) is 6.42 Å². The molecule has 0 saturated carbocycles. The minimum atomic E-state index is -0.0452. The molecule has 1 aliphatic heterocycles. The van der Waals surface area contributed by atoms with Crippen molar-refractivity contribution in [2.24, 2.45) is 5.10 Å². The zero-order valence-corrected chi connectivity index (χ0v) is 7.14. The van der Waals surface area contributed by atoms with Crippen molar-refractivity contribution in [2.45, 2.75) is 13.3 Å². The molecule has 0 radical (unpaired) electrons. The molecule has 13 heavy (non-hydrogen) atoms. The van der Waals surface area contributed by atoms with E-state index >= 15 is 0 Å². The van der Waals surface area contributed by atoms with Crippen LogP contribution in [0.3, 0.4) is 0 Å². The highest BCUT2D eigenvalue weighted by atomic mass is 16.2. The summed E-state index contributed by atoms with van der Waals surface area (Å²) in [7, 11) is 0. The average Bonchev–Trinajstić information content (AvgIpc) is 2.47. The molecule has 0 saturated heterocycles. The number of hydrogen-bond donors (Lipinski definition) is 0. The molecule has 0 unspecified atom stereocenters. The van der Waals surface area contributed by atoms with Gasteiger partial charge in [-0.05, 0) is 6.92 Å². The Kier molecular flexibility index (Phi) is 1.77. The van der Waals surface area contributed by atoms with Crippen LogP contribution in [-0.4, -0.2) is 21.6 Å². The van der Waals surface area contributed by atoms with Crippen LogP contribution in [0, 0.1) is 0 Å². The summed E-state index contributed by atoms with van der Waals surface area (Å²) in [6, 6.07) is 1.65. The Hall–Kier alpha value is -1.78. The molecular formula is C8H8N4O. The molecule has 1 amide bonds. The second-order valence-corrected chi connectivity index (χ2v) is 2.79. The summed E-state index contributed by atoms with van der Waals surface area (Å²) in [6.45, 7) is 1.82. The Labute approximate surface area is 75.1 Å². The number of hydrazone groups is 1. The molecule has 0 fully saturated rings. The number of carbonyl (C=O) groups is 1. The van der Waals surface area contributed by atoms with Gasteiger partial charge in [-0.2, -0.15) is 10.1 Å². The number of amides is 1. The van der Waals surface area contributed by atoms with Crippen LogP contribution < -0.4 is 5.01 Å². The Morgan fingerprint density at radius 3 is 2.92 bits per heavy atom. The van der Waals surface area contributed by atoms with Crippen LogP contribution in [0.5, 0.6) is 0 Å². The number of nitrogens with zero attached hydrogens (tertiary/aromatic N) is 4. The van der Waals surface area contributed by atoms with Gasteiger partial charge in [-0.3, -0.25) is 4.79 Å². The predicted octanol–water partition coefficient (Wildman–Crippen LogP) is 0.589. The van der Waals surface area contributed by atoms with E-state index in [9.17, 15) is 4.79 Å². The first-order chi connectivity index (χ1) is 6.27. The lowest BCUT2D eigenvalue weighted by atomic mass is 10.3. The molecule has 2 heterocycles.